The molecule has 2 heterocycles. The van der Waals surface area contributed by atoms with Crippen LogP contribution in [0.3, 0.4) is 0 Å². The highest BCUT2D eigenvalue weighted by atomic mass is 16.6. The van der Waals surface area contributed by atoms with E-state index in [0.29, 0.717) is 5.56 Å². The minimum atomic E-state index is -0.686. The third kappa shape index (κ3) is 6.42. The van der Waals surface area contributed by atoms with E-state index >= 15 is 0 Å². The molecule has 1 fully saturated rings. The number of nitrogens with zero attached hydrogens (tertiary/aromatic N) is 4. The zero-order valence-corrected chi connectivity index (χ0v) is 26.1. The van der Waals surface area contributed by atoms with Crippen LogP contribution >= 0.6 is 0 Å². The molecule has 0 saturated carbocycles. The lowest BCUT2D eigenvalue weighted by Crippen LogP contribution is -2.47. The van der Waals surface area contributed by atoms with E-state index in [0.717, 1.165) is 22.3 Å². The first-order valence-corrected chi connectivity index (χ1v) is 14.8. The van der Waals surface area contributed by atoms with Gasteiger partial charge in [0.15, 0.2) is 5.69 Å². The van der Waals surface area contributed by atoms with Gasteiger partial charge in [0.25, 0.3) is 0 Å². The Labute approximate surface area is 257 Å². The molecule has 0 radical (unpaired) electrons. The first-order chi connectivity index (χ1) is 21.0. The molecule has 0 bridgehead atoms. The number of amides is 2. The van der Waals surface area contributed by atoms with Crippen LogP contribution in [0.2, 0.25) is 0 Å². The van der Waals surface area contributed by atoms with Crippen LogP contribution in [0.15, 0.2) is 54.7 Å². The molecule has 2 aromatic carbocycles. The predicted octanol–water partition coefficient (Wildman–Crippen LogP) is 4.98. The van der Waals surface area contributed by atoms with Gasteiger partial charge in [-0.05, 0) is 49.9 Å². The third-order valence-corrected chi connectivity index (χ3v) is 7.88. The van der Waals surface area contributed by atoms with Crippen LogP contribution in [0.4, 0.5) is 9.59 Å². The summed E-state index contributed by atoms with van der Waals surface area (Å²) in [5.41, 5.74) is 4.35. The van der Waals surface area contributed by atoms with Crippen molar-refractivity contribution in [1.29, 1.82) is 0 Å². The Balaban J connectivity index is 1.43. The Hall–Kier alpha value is -4.38. The summed E-state index contributed by atoms with van der Waals surface area (Å²) in [6.45, 7) is 7.79. The molecule has 1 aliphatic carbocycles. The summed E-state index contributed by atoms with van der Waals surface area (Å²) in [4.78, 5) is 42.9. The normalized spacial score (nSPS) is 17.6. The van der Waals surface area contributed by atoms with Crippen molar-refractivity contribution < 1.29 is 33.3 Å². The van der Waals surface area contributed by atoms with Gasteiger partial charge in [-0.1, -0.05) is 48.5 Å². The van der Waals surface area contributed by atoms with Gasteiger partial charge >= 0.3 is 18.2 Å². The van der Waals surface area contributed by atoms with E-state index in [2.05, 4.69) is 29.4 Å². The number of methoxy groups -OCH3 is 1. The number of hydrogen-bond acceptors (Lipinski definition) is 8. The second-order valence-corrected chi connectivity index (χ2v) is 12.1. The molecular weight excluding hydrogens is 564 g/mol. The number of ether oxygens (including phenoxy) is 4. The Bertz CT molecular complexity index is 1480. The van der Waals surface area contributed by atoms with Gasteiger partial charge in [-0.25, -0.2) is 14.4 Å². The van der Waals surface area contributed by atoms with Crippen LogP contribution in [0.1, 0.15) is 60.8 Å². The van der Waals surface area contributed by atoms with Crippen molar-refractivity contribution >= 4 is 18.2 Å². The van der Waals surface area contributed by atoms with Crippen molar-refractivity contribution in [2.75, 3.05) is 33.4 Å². The summed E-state index contributed by atoms with van der Waals surface area (Å²) in [5, 5.41) is 4.30. The van der Waals surface area contributed by atoms with Crippen LogP contribution in [-0.4, -0.2) is 88.9 Å². The lowest BCUT2D eigenvalue weighted by atomic mass is 9.98. The summed E-state index contributed by atoms with van der Waals surface area (Å²) in [7, 11) is 3.24. The van der Waals surface area contributed by atoms with E-state index < -0.39 is 35.9 Å². The minimum Gasteiger partial charge on any atom is -0.461 e. The lowest BCUT2D eigenvalue weighted by Gasteiger charge is -2.31. The lowest BCUT2D eigenvalue weighted by molar-refractivity contribution is 0.0236. The highest BCUT2D eigenvalue weighted by Gasteiger charge is 2.43. The smallest absolute Gasteiger partial charge is 0.410 e. The molecule has 2 atom stereocenters. The molecule has 1 saturated heterocycles. The van der Waals surface area contributed by atoms with Crippen LogP contribution in [0.25, 0.3) is 11.1 Å². The van der Waals surface area contributed by atoms with Crippen molar-refractivity contribution in [1.82, 2.24) is 19.6 Å². The van der Waals surface area contributed by atoms with E-state index in [9.17, 15) is 14.4 Å². The van der Waals surface area contributed by atoms with Gasteiger partial charge in [0.2, 0.25) is 0 Å². The molecular formula is C33H40N4O7. The Morgan fingerprint density at radius 3 is 2.20 bits per heavy atom. The topological polar surface area (TPSA) is 112 Å². The van der Waals surface area contributed by atoms with Crippen molar-refractivity contribution in [2.45, 2.75) is 57.9 Å². The van der Waals surface area contributed by atoms with E-state index in [1.165, 1.54) is 14.5 Å². The molecule has 11 nitrogen and oxygen atoms in total. The largest absolute Gasteiger partial charge is 0.461 e. The number of aryl methyl sites for hydroxylation is 1. The van der Waals surface area contributed by atoms with Crippen LogP contribution < -0.4 is 0 Å². The van der Waals surface area contributed by atoms with E-state index in [4.69, 9.17) is 18.9 Å². The molecule has 5 rings (SSSR count). The summed E-state index contributed by atoms with van der Waals surface area (Å²) >= 11 is 0. The molecule has 11 heteroatoms. The average molecular weight is 605 g/mol. The van der Waals surface area contributed by atoms with Gasteiger partial charge in [0, 0.05) is 38.4 Å². The van der Waals surface area contributed by atoms with Gasteiger partial charge in [-0.3, -0.25) is 9.58 Å². The van der Waals surface area contributed by atoms with Crippen molar-refractivity contribution in [3.63, 3.8) is 0 Å². The molecule has 2 amide bonds. The summed E-state index contributed by atoms with van der Waals surface area (Å²) < 4.78 is 24.2. The molecule has 0 N–H and O–H groups in total. The number of esters is 1. The molecule has 1 aliphatic heterocycles. The fourth-order valence-electron chi connectivity index (χ4n) is 5.97. The maximum atomic E-state index is 14.1. The number of carbonyl (C=O) groups excluding carboxylic acids is 3. The molecule has 0 unspecified atom stereocenters. The summed E-state index contributed by atoms with van der Waals surface area (Å²) in [6, 6.07) is 15.7. The van der Waals surface area contributed by atoms with Crippen LogP contribution in [0.5, 0.6) is 0 Å². The molecule has 3 aromatic rings. The number of carbonyl (C=O) groups is 3. The van der Waals surface area contributed by atoms with Gasteiger partial charge in [0.05, 0.1) is 31.8 Å². The second kappa shape index (κ2) is 12.7. The third-order valence-electron chi connectivity index (χ3n) is 7.88. The number of likely N-dealkylation sites (tertiary alicyclic amines) is 1. The molecule has 1 aromatic heterocycles. The summed E-state index contributed by atoms with van der Waals surface area (Å²) in [5.74, 6) is -0.720. The average Bonchev–Trinajstić information content (AvgIpc) is 3.67. The van der Waals surface area contributed by atoms with Gasteiger partial charge in [-0.15, -0.1) is 0 Å². The fourth-order valence-corrected chi connectivity index (χ4v) is 5.97. The quantitative estimate of drug-likeness (QED) is 0.261. The Kier molecular flexibility index (Phi) is 8.96. The Morgan fingerprint density at radius 1 is 0.977 bits per heavy atom. The zero-order valence-electron chi connectivity index (χ0n) is 26.1. The molecule has 0 spiro atoms. The monoisotopic (exact) mass is 604 g/mol. The molecule has 44 heavy (non-hydrogen) atoms. The van der Waals surface area contributed by atoms with Crippen LogP contribution in [0, 0.1) is 0 Å². The maximum absolute atomic E-state index is 14.1. The standard InChI is InChI=1S/C33H40N4O7/c1-7-42-30(38)29-21(16-35(5)34-29)17-37(27-18-36(19-28(27)41-6)31(39)44-33(2,3)4)32(40)43-20-26-24-14-10-8-12-22(24)23-13-9-11-15-25(23)26/h8-16,26-28H,7,17-20H2,1-6H3/t27-,28-/m1/s1. The summed E-state index contributed by atoms with van der Waals surface area (Å²) in [6.07, 6.45) is 0.0655. The first kappa shape index (κ1) is 31.1. The highest BCUT2D eigenvalue weighted by Crippen LogP contribution is 2.44. The van der Waals surface area contributed by atoms with Crippen LogP contribution in [-0.2, 0) is 32.5 Å². The van der Waals surface area contributed by atoms with Crippen molar-refractivity contribution in [2.24, 2.45) is 7.05 Å². The van der Waals surface area contributed by atoms with E-state index in [1.54, 1.807) is 48.0 Å². The van der Waals surface area contributed by atoms with Gasteiger partial charge < -0.3 is 23.8 Å². The number of fused-ring (bicyclic) bond motifs is 3. The van der Waals surface area contributed by atoms with Crippen molar-refractivity contribution in [3.8, 4) is 11.1 Å². The van der Waals surface area contributed by atoms with E-state index in [1.807, 2.05) is 24.3 Å². The Morgan fingerprint density at radius 2 is 1.61 bits per heavy atom. The number of hydrogen-bond donors (Lipinski definition) is 0. The predicted molar refractivity (Wildman–Crippen MR) is 162 cm³/mol. The van der Waals surface area contributed by atoms with E-state index in [-0.39, 0.29) is 44.5 Å². The number of benzene rings is 2. The SMILES string of the molecule is CCOC(=O)c1nn(C)cc1CN(C(=O)OCC1c2ccccc2-c2ccccc21)[C@@H]1CN(C(=O)OC(C)(C)C)C[C@H]1OC. The van der Waals surface area contributed by atoms with Crippen molar-refractivity contribution in [3.05, 3.63) is 77.1 Å². The first-order valence-electron chi connectivity index (χ1n) is 14.8. The molecule has 2 aliphatic rings. The highest BCUT2D eigenvalue weighted by molar-refractivity contribution is 5.89. The minimum absolute atomic E-state index is 0.00858. The number of aromatic nitrogens is 2. The molecule has 234 valence electrons. The second-order valence-electron chi connectivity index (χ2n) is 12.1. The fraction of sp³-hybridized carbons (Fsp3) is 0.455. The maximum Gasteiger partial charge on any atom is 0.410 e. The van der Waals surface area contributed by atoms with Gasteiger partial charge in [0.1, 0.15) is 12.2 Å². The van der Waals surface area contributed by atoms with Gasteiger partial charge in [-0.2, -0.15) is 5.10 Å². The zero-order chi connectivity index (χ0) is 31.6. The number of rotatable bonds is 8.